The highest BCUT2D eigenvalue weighted by molar-refractivity contribution is 5.85. The predicted octanol–water partition coefficient (Wildman–Crippen LogP) is 2.06. The second-order valence-electron chi connectivity index (χ2n) is 6.36. The first-order valence-electron chi connectivity index (χ1n) is 7.04. The lowest BCUT2D eigenvalue weighted by atomic mass is 9.83. The fraction of sp³-hybridized carbons (Fsp3) is 0.562. The maximum absolute atomic E-state index is 12.1. The van der Waals surface area contributed by atoms with E-state index < -0.39 is 0 Å². The number of hydrogen-bond acceptors (Lipinski definition) is 3. The molecule has 1 fully saturated rings. The molecule has 1 heterocycles. The zero-order valence-corrected chi connectivity index (χ0v) is 13.0. The molecule has 1 amide bonds. The Morgan fingerprint density at radius 1 is 1.25 bits per heavy atom. The quantitative estimate of drug-likeness (QED) is 0.869. The van der Waals surface area contributed by atoms with Gasteiger partial charge in [0.2, 0.25) is 5.91 Å². The van der Waals surface area contributed by atoms with Gasteiger partial charge in [0.25, 0.3) is 0 Å². The van der Waals surface area contributed by atoms with Crippen molar-refractivity contribution in [2.75, 3.05) is 20.2 Å². The number of benzene rings is 1. The van der Waals surface area contributed by atoms with Gasteiger partial charge in [-0.1, -0.05) is 38.5 Å². The van der Waals surface area contributed by atoms with E-state index in [1.165, 1.54) is 0 Å². The molecule has 0 spiro atoms. The van der Waals surface area contributed by atoms with Gasteiger partial charge in [0.05, 0.1) is 7.11 Å². The van der Waals surface area contributed by atoms with Crippen LogP contribution in [0.1, 0.15) is 43.5 Å². The van der Waals surface area contributed by atoms with Crippen LogP contribution < -0.4 is 15.4 Å². The SMILES string of the molecule is COc1c(C2NCCNC2=O)cc(C)cc1C(C)(C)C. The minimum absolute atomic E-state index is 0.0139. The van der Waals surface area contributed by atoms with Crippen LogP contribution in [0.2, 0.25) is 0 Å². The average molecular weight is 276 g/mol. The summed E-state index contributed by atoms with van der Waals surface area (Å²) in [5, 5.41) is 6.18. The molecule has 4 heteroatoms. The highest BCUT2D eigenvalue weighted by Crippen LogP contribution is 2.38. The smallest absolute Gasteiger partial charge is 0.241 e. The number of ether oxygens (including phenoxy) is 1. The zero-order valence-electron chi connectivity index (χ0n) is 13.0. The lowest BCUT2D eigenvalue weighted by Gasteiger charge is -2.29. The Kier molecular flexibility index (Phi) is 4.04. The molecule has 0 radical (unpaired) electrons. The fourth-order valence-electron chi connectivity index (χ4n) is 2.65. The first-order chi connectivity index (χ1) is 9.34. The summed E-state index contributed by atoms with van der Waals surface area (Å²) < 4.78 is 5.64. The van der Waals surface area contributed by atoms with Crippen molar-refractivity contribution in [2.45, 2.75) is 39.2 Å². The van der Waals surface area contributed by atoms with E-state index in [1.807, 2.05) is 6.07 Å². The molecule has 1 aliphatic rings. The van der Waals surface area contributed by atoms with Gasteiger partial charge in [-0.15, -0.1) is 0 Å². The van der Waals surface area contributed by atoms with E-state index in [1.54, 1.807) is 7.11 Å². The molecule has 1 aliphatic heterocycles. The topological polar surface area (TPSA) is 50.4 Å². The Labute approximate surface area is 120 Å². The third kappa shape index (κ3) is 2.80. The van der Waals surface area contributed by atoms with Crippen LogP contribution in [0.25, 0.3) is 0 Å². The van der Waals surface area contributed by atoms with Gasteiger partial charge < -0.3 is 15.4 Å². The summed E-state index contributed by atoms with van der Waals surface area (Å²) in [5.41, 5.74) is 3.17. The van der Waals surface area contributed by atoms with Gasteiger partial charge in [-0.05, 0) is 12.3 Å². The number of aryl methyl sites for hydroxylation is 1. The van der Waals surface area contributed by atoms with Crippen molar-refractivity contribution in [1.29, 1.82) is 0 Å². The Hall–Kier alpha value is -1.55. The summed E-state index contributed by atoms with van der Waals surface area (Å²) in [4.78, 5) is 12.1. The molecular formula is C16H24N2O2. The Balaban J connectivity index is 2.57. The van der Waals surface area contributed by atoms with Crippen LogP contribution >= 0.6 is 0 Å². The van der Waals surface area contributed by atoms with Crippen molar-refractivity contribution >= 4 is 5.91 Å². The van der Waals surface area contributed by atoms with E-state index in [2.05, 4.69) is 44.4 Å². The van der Waals surface area contributed by atoms with Crippen LogP contribution in [-0.2, 0) is 10.2 Å². The number of hydrogen-bond donors (Lipinski definition) is 2. The molecule has 0 bridgehead atoms. The van der Waals surface area contributed by atoms with E-state index in [9.17, 15) is 4.79 Å². The third-order valence-electron chi connectivity index (χ3n) is 3.62. The van der Waals surface area contributed by atoms with Crippen molar-refractivity contribution < 1.29 is 9.53 Å². The average Bonchev–Trinajstić information content (AvgIpc) is 2.37. The Bertz CT molecular complexity index is 518. The molecule has 1 atom stereocenters. The lowest BCUT2D eigenvalue weighted by molar-refractivity contribution is -0.124. The van der Waals surface area contributed by atoms with E-state index in [-0.39, 0.29) is 17.4 Å². The monoisotopic (exact) mass is 276 g/mol. The van der Waals surface area contributed by atoms with Crippen LogP contribution in [0.15, 0.2) is 12.1 Å². The summed E-state index contributed by atoms with van der Waals surface area (Å²) in [6.07, 6.45) is 0. The maximum Gasteiger partial charge on any atom is 0.241 e. The summed E-state index contributed by atoms with van der Waals surface area (Å²) in [7, 11) is 1.67. The van der Waals surface area contributed by atoms with Crippen LogP contribution in [0.3, 0.4) is 0 Å². The molecule has 2 N–H and O–H groups in total. The largest absolute Gasteiger partial charge is 0.496 e. The molecule has 1 aromatic rings. The van der Waals surface area contributed by atoms with E-state index >= 15 is 0 Å². The zero-order chi connectivity index (χ0) is 14.9. The highest BCUT2D eigenvalue weighted by atomic mass is 16.5. The highest BCUT2D eigenvalue weighted by Gasteiger charge is 2.30. The molecule has 2 rings (SSSR count). The van der Waals surface area contributed by atoms with Crippen molar-refractivity contribution in [3.05, 3.63) is 28.8 Å². The minimum atomic E-state index is -0.334. The van der Waals surface area contributed by atoms with Crippen molar-refractivity contribution in [1.82, 2.24) is 10.6 Å². The van der Waals surface area contributed by atoms with Gasteiger partial charge in [-0.3, -0.25) is 4.79 Å². The first kappa shape index (κ1) is 14.9. The fourth-order valence-corrected chi connectivity index (χ4v) is 2.65. The molecule has 4 nitrogen and oxygen atoms in total. The summed E-state index contributed by atoms with van der Waals surface area (Å²) in [5.74, 6) is 0.831. The molecule has 1 unspecified atom stereocenters. The van der Waals surface area contributed by atoms with Crippen molar-refractivity contribution in [3.8, 4) is 5.75 Å². The number of carbonyl (C=O) groups is 1. The molecule has 110 valence electrons. The normalized spacial score (nSPS) is 19.6. The molecule has 20 heavy (non-hydrogen) atoms. The second kappa shape index (κ2) is 5.44. The van der Waals surface area contributed by atoms with Crippen LogP contribution in [0.5, 0.6) is 5.75 Å². The number of carbonyl (C=O) groups excluding carboxylic acids is 1. The van der Waals surface area contributed by atoms with Crippen LogP contribution in [0.4, 0.5) is 0 Å². The number of rotatable bonds is 2. The lowest BCUT2D eigenvalue weighted by Crippen LogP contribution is -2.47. The molecule has 0 aliphatic carbocycles. The van der Waals surface area contributed by atoms with Crippen molar-refractivity contribution in [3.63, 3.8) is 0 Å². The summed E-state index contributed by atoms with van der Waals surface area (Å²) in [6, 6.07) is 3.85. The van der Waals surface area contributed by atoms with E-state index in [0.717, 1.165) is 29.0 Å². The summed E-state index contributed by atoms with van der Waals surface area (Å²) >= 11 is 0. The minimum Gasteiger partial charge on any atom is -0.496 e. The van der Waals surface area contributed by atoms with Crippen LogP contribution in [-0.4, -0.2) is 26.1 Å². The maximum atomic E-state index is 12.1. The van der Waals surface area contributed by atoms with Gasteiger partial charge in [0.1, 0.15) is 11.8 Å². The first-order valence-corrected chi connectivity index (χ1v) is 7.04. The Morgan fingerprint density at radius 3 is 2.50 bits per heavy atom. The molecular weight excluding hydrogens is 252 g/mol. The Morgan fingerprint density at radius 2 is 1.95 bits per heavy atom. The van der Waals surface area contributed by atoms with Gasteiger partial charge >= 0.3 is 0 Å². The van der Waals surface area contributed by atoms with Gasteiger partial charge in [-0.2, -0.15) is 0 Å². The summed E-state index contributed by atoms with van der Waals surface area (Å²) in [6.45, 7) is 9.97. The number of nitrogens with one attached hydrogen (secondary N) is 2. The number of piperazine rings is 1. The standard InChI is InChI=1S/C16H24N2O2/c1-10-8-11(13-15(19)18-7-6-17-13)14(20-5)12(9-10)16(2,3)4/h8-9,13,17H,6-7H2,1-5H3,(H,18,19). The number of amides is 1. The predicted molar refractivity (Wildman–Crippen MR) is 80.2 cm³/mol. The molecule has 0 aromatic heterocycles. The van der Waals surface area contributed by atoms with E-state index in [4.69, 9.17) is 4.74 Å². The van der Waals surface area contributed by atoms with Crippen molar-refractivity contribution in [2.24, 2.45) is 0 Å². The number of methoxy groups -OCH3 is 1. The van der Waals surface area contributed by atoms with Crippen LogP contribution in [0, 0.1) is 6.92 Å². The van der Waals surface area contributed by atoms with Gasteiger partial charge in [-0.25, -0.2) is 0 Å². The molecule has 0 saturated carbocycles. The van der Waals surface area contributed by atoms with Gasteiger partial charge in [0.15, 0.2) is 0 Å². The van der Waals surface area contributed by atoms with Gasteiger partial charge in [0, 0.05) is 24.2 Å². The molecule has 1 aromatic carbocycles. The third-order valence-corrected chi connectivity index (χ3v) is 3.62. The second-order valence-corrected chi connectivity index (χ2v) is 6.36. The molecule has 1 saturated heterocycles. The van der Waals surface area contributed by atoms with E-state index in [0.29, 0.717) is 6.54 Å².